The Labute approximate surface area is 128 Å². The quantitative estimate of drug-likeness (QED) is 0.720. The van der Waals surface area contributed by atoms with E-state index in [0.29, 0.717) is 12.6 Å². The van der Waals surface area contributed by atoms with Crippen molar-refractivity contribution in [1.29, 1.82) is 0 Å². The van der Waals surface area contributed by atoms with Gasteiger partial charge in [-0.05, 0) is 32.9 Å². The number of urea groups is 1. The average Bonchev–Trinajstić information content (AvgIpc) is 2.37. The van der Waals surface area contributed by atoms with Gasteiger partial charge in [-0.15, -0.1) is 0 Å². The minimum Gasteiger partial charge on any atom is -0.388 e. The Balaban J connectivity index is 3.05. The molecule has 118 valence electrons. The van der Waals surface area contributed by atoms with Crippen LogP contribution in [0.4, 0.5) is 4.79 Å². The molecule has 1 rings (SSSR count). The Kier molecular flexibility index (Phi) is 6.87. The van der Waals surface area contributed by atoms with E-state index in [0.717, 1.165) is 5.19 Å². The van der Waals surface area contributed by atoms with Gasteiger partial charge < -0.3 is 19.9 Å². The highest BCUT2D eigenvalue weighted by atomic mass is 28.4. The summed E-state index contributed by atoms with van der Waals surface area (Å²) in [6.45, 7) is 8.42. The Morgan fingerprint density at radius 1 is 1.14 bits per heavy atom. The summed E-state index contributed by atoms with van der Waals surface area (Å²) in [5.74, 6) is 0. The van der Waals surface area contributed by atoms with Gasteiger partial charge in [-0.25, -0.2) is 4.79 Å². The summed E-state index contributed by atoms with van der Waals surface area (Å²) in [6.07, 6.45) is 0.0911. The first-order valence-corrected chi connectivity index (χ1v) is 9.32. The smallest absolute Gasteiger partial charge is 0.374 e. The largest absolute Gasteiger partial charge is 0.388 e. The van der Waals surface area contributed by atoms with Crippen molar-refractivity contribution in [2.45, 2.75) is 45.9 Å². The number of carbonyl (C=O) groups is 1. The van der Waals surface area contributed by atoms with Crippen molar-refractivity contribution < 1.29 is 13.6 Å². The highest BCUT2D eigenvalue weighted by molar-refractivity contribution is 6.81. The molecule has 0 unspecified atom stereocenters. The van der Waals surface area contributed by atoms with Gasteiger partial charge in [-0.1, -0.05) is 30.3 Å². The van der Waals surface area contributed by atoms with Crippen molar-refractivity contribution in [3.8, 4) is 0 Å². The second-order valence-electron chi connectivity index (χ2n) is 5.49. The summed E-state index contributed by atoms with van der Waals surface area (Å²) in [7, 11) is -2.63. The number of hydrogen-bond acceptors (Lipinski definition) is 3. The van der Waals surface area contributed by atoms with Gasteiger partial charge in [0.1, 0.15) is 0 Å². The molecule has 0 radical (unpaired) electrons. The molecule has 5 nitrogen and oxygen atoms in total. The van der Waals surface area contributed by atoms with Crippen molar-refractivity contribution in [2.24, 2.45) is 5.73 Å². The van der Waals surface area contributed by atoms with Crippen molar-refractivity contribution in [3.63, 3.8) is 0 Å². The number of nitrogens with two attached hydrogens (primary N) is 1. The monoisotopic (exact) mass is 310 g/mol. The molecule has 0 saturated carbocycles. The Bertz CT molecular complexity index is 428. The Morgan fingerprint density at radius 3 is 2.10 bits per heavy atom. The molecule has 0 aliphatic heterocycles. The molecule has 1 aromatic carbocycles. The van der Waals surface area contributed by atoms with Gasteiger partial charge in [0.05, 0.1) is 0 Å². The first kappa shape index (κ1) is 17.7. The lowest BCUT2D eigenvalue weighted by molar-refractivity contribution is 0.115. The van der Waals surface area contributed by atoms with Gasteiger partial charge in [0.15, 0.2) is 0 Å². The van der Waals surface area contributed by atoms with Gasteiger partial charge in [-0.2, -0.15) is 0 Å². The number of carbonyl (C=O) groups excluding carboxylic acids is 1. The molecule has 0 spiro atoms. The van der Waals surface area contributed by atoms with E-state index in [9.17, 15) is 4.79 Å². The third-order valence-electron chi connectivity index (χ3n) is 2.82. The molecule has 0 aromatic heterocycles. The topological polar surface area (TPSA) is 73.6 Å². The molecule has 21 heavy (non-hydrogen) atoms. The van der Waals surface area contributed by atoms with Crippen molar-refractivity contribution in [2.75, 3.05) is 6.54 Å². The van der Waals surface area contributed by atoms with Gasteiger partial charge in [0.2, 0.25) is 0 Å². The van der Waals surface area contributed by atoms with Crippen molar-refractivity contribution in [1.82, 2.24) is 5.32 Å². The molecule has 0 fully saturated rings. The first-order valence-electron chi connectivity index (χ1n) is 7.30. The van der Waals surface area contributed by atoms with Crippen LogP contribution >= 0.6 is 0 Å². The number of rotatable bonds is 8. The molecule has 0 aliphatic carbocycles. The van der Waals surface area contributed by atoms with E-state index in [4.69, 9.17) is 14.6 Å². The molecule has 6 heteroatoms. The summed E-state index contributed by atoms with van der Waals surface area (Å²) < 4.78 is 12.5. The van der Waals surface area contributed by atoms with Crippen LogP contribution in [0, 0.1) is 0 Å². The molecule has 2 amide bonds. The van der Waals surface area contributed by atoms with Crippen LogP contribution < -0.4 is 16.2 Å². The van der Waals surface area contributed by atoms with E-state index >= 15 is 0 Å². The first-order chi connectivity index (χ1) is 9.85. The summed E-state index contributed by atoms with van der Waals surface area (Å²) in [5.41, 5.74) is 5.15. The molecule has 1 aromatic rings. The third-order valence-corrected chi connectivity index (χ3v) is 6.64. The summed E-state index contributed by atoms with van der Waals surface area (Å²) >= 11 is 0. The van der Waals surface area contributed by atoms with Gasteiger partial charge >= 0.3 is 14.6 Å². The predicted molar refractivity (Wildman–Crippen MR) is 86.7 cm³/mol. The normalized spacial score (nSPS) is 11.9. The fourth-order valence-corrected chi connectivity index (χ4v) is 5.76. The fourth-order valence-electron chi connectivity index (χ4n) is 2.23. The second-order valence-corrected chi connectivity index (χ2v) is 8.55. The van der Waals surface area contributed by atoms with Crippen LogP contribution in [-0.4, -0.2) is 33.3 Å². The van der Waals surface area contributed by atoms with Gasteiger partial charge in [0, 0.05) is 24.8 Å². The van der Waals surface area contributed by atoms with Crippen LogP contribution in [0.2, 0.25) is 6.04 Å². The van der Waals surface area contributed by atoms with E-state index in [1.165, 1.54) is 0 Å². The molecular weight excluding hydrogens is 284 g/mol. The van der Waals surface area contributed by atoms with Gasteiger partial charge in [0.25, 0.3) is 0 Å². The molecule has 0 heterocycles. The highest BCUT2D eigenvalue weighted by Crippen LogP contribution is 2.18. The molecule has 0 aliphatic rings. The third kappa shape index (κ3) is 5.87. The maximum atomic E-state index is 10.9. The minimum atomic E-state index is -2.63. The van der Waals surface area contributed by atoms with E-state index in [-0.39, 0.29) is 12.2 Å². The lowest BCUT2D eigenvalue weighted by atomic mass is 10.4. The molecule has 0 bridgehead atoms. The van der Waals surface area contributed by atoms with Crippen LogP contribution in [0.25, 0.3) is 0 Å². The van der Waals surface area contributed by atoms with E-state index in [1.807, 2.05) is 58.0 Å². The number of benzene rings is 1. The number of hydrogen-bond donors (Lipinski definition) is 2. The maximum Gasteiger partial charge on any atom is 0.374 e. The number of amides is 2. The molecule has 0 atom stereocenters. The van der Waals surface area contributed by atoms with Gasteiger partial charge in [-0.3, -0.25) is 0 Å². The average molecular weight is 310 g/mol. The van der Waals surface area contributed by atoms with Crippen LogP contribution in [-0.2, 0) is 8.85 Å². The zero-order valence-corrected chi connectivity index (χ0v) is 14.3. The molecule has 3 N–H and O–H groups in total. The number of primary amides is 1. The van der Waals surface area contributed by atoms with Crippen LogP contribution in [0.15, 0.2) is 30.3 Å². The zero-order chi connectivity index (χ0) is 15.9. The fraction of sp³-hybridized carbons (Fsp3) is 0.533. The number of nitrogens with one attached hydrogen (secondary N) is 1. The standard InChI is InChI=1S/C15H26N2O3Si/c1-12(2)19-21(20-13(3)4,11-10-17-15(16)18)14-8-6-5-7-9-14/h5-9,12-13H,10-11H2,1-4H3,(H3,16,17,18). The highest BCUT2D eigenvalue weighted by Gasteiger charge is 2.41. The molecule has 0 saturated heterocycles. The van der Waals surface area contributed by atoms with Crippen LogP contribution in [0.3, 0.4) is 0 Å². The van der Waals surface area contributed by atoms with E-state index in [2.05, 4.69) is 5.32 Å². The second kappa shape index (κ2) is 8.16. The lowest BCUT2D eigenvalue weighted by Gasteiger charge is -2.34. The van der Waals surface area contributed by atoms with Crippen molar-refractivity contribution >= 4 is 19.8 Å². The predicted octanol–water partition coefficient (Wildman–Crippen LogP) is 1.85. The summed E-state index contributed by atoms with van der Waals surface area (Å²) in [4.78, 5) is 10.9. The zero-order valence-electron chi connectivity index (χ0n) is 13.3. The van der Waals surface area contributed by atoms with E-state index < -0.39 is 14.6 Å². The molecular formula is C15H26N2O3Si. The Hall–Kier alpha value is -1.37. The summed E-state index contributed by atoms with van der Waals surface area (Å²) in [6, 6.07) is 10.1. The van der Waals surface area contributed by atoms with Crippen LogP contribution in [0.1, 0.15) is 27.7 Å². The minimum absolute atomic E-state index is 0.0456. The lowest BCUT2D eigenvalue weighted by Crippen LogP contribution is -2.57. The van der Waals surface area contributed by atoms with Crippen molar-refractivity contribution in [3.05, 3.63) is 30.3 Å². The SMILES string of the molecule is CC(C)O[Si](CCNC(N)=O)(OC(C)C)c1ccccc1. The maximum absolute atomic E-state index is 10.9. The summed E-state index contributed by atoms with van der Waals surface area (Å²) in [5, 5.41) is 3.70. The van der Waals surface area contributed by atoms with Crippen LogP contribution in [0.5, 0.6) is 0 Å². The van der Waals surface area contributed by atoms with E-state index in [1.54, 1.807) is 0 Å². The Morgan fingerprint density at radius 2 is 1.67 bits per heavy atom.